The van der Waals surface area contributed by atoms with Crippen molar-refractivity contribution in [1.29, 1.82) is 0 Å². The summed E-state index contributed by atoms with van der Waals surface area (Å²) in [5, 5.41) is 0. The average molecular weight is 191 g/mol. The zero-order chi connectivity index (χ0) is 10.6. The van der Waals surface area contributed by atoms with Crippen LogP contribution in [0, 0.1) is 17.3 Å². The first-order valence-electron chi connectivity index (χ1n) is 5.51. The maximum atomic E-state index is 6.47. The van der Waals surface area contributed by atoms with Crippen LogP contribution in [0.25, 0.3) is 0 Å². The fourth-order valence-corrected chi connectivity index (χ4v) is 3.69. The number of fused-ring (bicyclic) bond motifs is 1. The number of rotatable bonds is 2. The molecule has 1 heteroatoms. The molecule has 0 aromatic rings. The van der Waals surface area contributed by atoms with E-state index in [0.717, 1.165) is 12.3 Å². The van der Waals surface area contributed by atoms with Crippen molar-refractivity contribution in [2.24, 2.45) is 23.0 Å². The Kier molecular flexibility index (Phi) is 1.94. The number of hydrogen-bond donors (Lipinski definition) is 1. The second-order valence-corrected chi connectivity index (χ2v) is 5.66. The van der Waals surface area contributed by atoms with Gasteiger partial charge in [-0.15, -0.1) is 6.58 Å². The van der Waals surface area contributed by atoms with Crippen LogP contribution in [0.1, 0.15) is 33.6 Å². The van der Waals surface area contributed by atoms with Gasteiger partial charge in [-0.2, -0.15) is 0 Å². The molecular formula is C13H21N. The van der Waals surface area contributed by atoms with Crippen molar-refractivity contribution < 1.29 is 0 Å². The van der Waals surface area contributed by atoms with E-state index in [2.05, 4.69) is 33.4 Å². The van der Waals surface area contributed by atoms with Crippen molar-refractivity contribution in [3.05, 3.63) is 24.3 Å². The molecule has 0 aliphatic heterocycles. The second kappa shape index (κ2) is 2.73. The minimum absolute atomic E-state index is 0.121. The molecule has 0 spiro atoms. The molecule has 0 radical (unpaired) electrons. The summed E-state index contributed by atoms with van der Waals surface area (Å²) in [5.41, 5.74) is 8.24. The molecule has 3 aliphatic rings. The van der Waals surface area contributed by atoms with Gasteiger partial charge in [0, 0.05) is 5.54 Å². The van der Waals surface area contributed by atoms with Crippen molar-refractivity contribution in [2.45, 2.75) is 39.2 Å². The number of allylic oxidation sites excluding steroid dienone is 1. The summed E-state index contributed by atoms with van der Waals surface area (Å²) in [4.78, 5) is 0. The maximum Gasteiger partial charge on any atom is 0.0410 e. The minimum Gasteiger partial charge on any atom is -0.321 e. The van der Waals surface area contributed by atoms with E-state index in [4.69, 9.17) is 5.73 Å². The molecule has 0 heterocycles. The Hall–Kier alpha value is -0.560. The fraction of sp³-hybridized carbons (Fsp3) is 0.692. The highest BCUT2D eigenvalue weighted by atomic mass is 14.8. The van der Waals surface area contributed by atoms with Gasteiger partial charge in [0.25, 0.3) is 0 Å². The van der Waals surface area contributed by atoms with Crippen LogP contribution >= 0.6 is 0 Å². The summed E-state index contributed by atoms with van der Waals surface area (Å²) in [5.74, 6) is 1.41. The van der Waals surface area contributed by atoms with Crippen LogP contribution in [0.15, 0.2) is 24.3 Å². The summed E-state index contributed by atoms with van der Waals surface area (Å²) in [6, 6.07) is 0. The van der Waals surface area contributed by atoms with Crippen LogP contribution < -0.4 is 5.73 Å². The van der Waals surface area contributed by atoms with E-state index < -0.39 is 0 Å². The second-order valence-electron chi connectivity index (χ2n) is 5.66. The molecule has 14 heavy (non-hydrogen) atoms. The smallest absolute Gasteiger partial charge is 0.0410 e. The van der Waals surface area contributed by atoms with E-state index in [1.54, 1.807) is 0 Å². The standard InChI is InChI=1S/C13H21N/c1-5-6-13(14)8-9(2)10-7-11(13)12(10,3)4/h5,8,10-11H,1,6-7,14H2,2-4H3/t10-,11-,13+/m1/s1. The van der Waals surface area contributed by atoms with E-state index in [1.165, 1.54) is 12.0 Å². The van der Waals surface area contributed by atoms with Crippen LogP contribution in [-0.4, -0.2) is 5.54 Å². The molecule has 78 valence electrons. The SMILES string of the molecule is C=CC[C@]1(N)C=C(C)[C@H]2C[C@@H]1C2(C)C. The monoisotopic (exact) mass is 191 g/mol. The van der Waals surface area contributed by atoms with Gasteiger partial charge in [-0.1, -0.05) is 31.6 Å². The first-order valence-corrected chi connectivity index (χ1v) is 5.51. The third-order valence-electron chi connectivity index (χ3n) is 4.46. The molecule has 0 amide bonds. The number of nitrogens with two attached hydrogens (primary N) is 1. The molecule has 1 nitrogen and oxygen atoms in total. The molecule has 3 atom stereocenters. The van der Waals surface area contributed by atoms with Crippen LogP contribution in [0.2, 0.25) is 0 Å². The Morgan fingerprint density at radius 3 is 2.71 bits per heavy atom. The molecule has 3 rings (SSSR count). The van der Waals surface area contributed by atoms with Crippen molar-refractivity contribution in [1.82, 2.24) is 0 Å². The molecular weight excluding hydrogens is 170 g/mol. The summed E-state index contributed by atoms with van der Waals surface area (Å²) in [7, 11) is 0. The highest BCUT2D eigenvalue weighted by molar-refractivity contribution is 5.32. The van der Waals surface area contributed by atoms with Gasteiger partial charge in [0.05, 0.1) is 0 Å². The van der Waals surface area contributed by atoms with Crippen LogP contribution in [0.4, 0.5) is 0 Å². The van der Waals surface area contributed by atoms with E-state index >= 15 is 0 Å². The molecule has 3 aliphatic carbocycles. The third kappa shape index (κ3) is 1.05. The van der Waals surface area contributed by atoms with Gasteiger partial charge in [-0.05, 0) is 37.0 Å². The zero-order valence-corrected chi connectivity index (χ0v) is 9.51. The summed E-state index contributed by atoms with van der Waals surface area (Å²) < 4.78 is 0. The highest BCUT2D eigenvalue weighted by Crippen LogP contribution is 2.62. The maximum absolute atomic E-state index is 6.47. The Morgan fingerprint density at radius 2 is 2.29 bits per heavy atom. The molecule has 1 fully saturated rings. The third-order valence-corrected chi connectivity index (χ3v) is 4.46. The molecule has 1 saturated carbocycles. The van der Waals surface area contributed by atoms with Gasteiger partial charge >= 0.3 is 0 Å². The van der Waals surface area contributed by atoms with E-state index in [0.29, 0.717) is 11.3 Å². The lowest BCUT2D eigenvalue weighted by molar-refractivity contribution is -0.0499. The van der Waals surface area contributed by atoms with E-state index in [-0.39, 0.29) is 5.54 Å². The Labute approximate surface area is 87.1 Å². The van der Waals surface area contributed by atoms with Crippen LogP contribution in [0.5, 0.6) is 0 Å². The molecule has 0 saturated heterocycles. The summed E-state index contributed by atoms with van der Waals surface area (Å²) in [6.45, 7) is 10.8. The van der Waals surface area contributed by atoms with Crippen LogP contribution in [-0.2, 0) is 0 Å². The van der Waals surface area contributed by atoms with Crippen molar-refractivity contribution in [3.8, 4) is 0 Å². The van der Waals surface area contributed by atoms with Crippen molar-refractivity contribution >= 4 is 0 Å². The van der Waals surface area contributed by atoms with Gasteiger partial charge < -0.3 is 5.73 Å². The topological polar surface area (TPSA) is 26.0 Å². The fourth-order valence-electron chi connectivity index (χ4n) is 3.69. The first kappa shape index (κ1) is 9.97. The summed E-state index contributed by atoms with van der Waals surface area (Å²) in [6.07, 6.45) is 6.43. The number of hydrogen-bond acceptors (Lipinski definition) is 1. The van der Waals surface area contributed by atoms with Gasteiger partial charge in [-0.3, -0.25) is 0 Å². The lowest BCUT2D eigenvalue weighted by Crippen LogP contribution is -2.63. The normalized spacial score (nSPS) is 43.9. The van der Waals surface area contributed by atoms with Gasteiger partial charge in [0.1, 0.15) is 0 Å². The Bertz CT molecular complexity index is 300. The first-order chi connectivity index (χ1) is 6.42. The van der Waals surface area contributed by atoms with Crippen LogP contribution in [0.3, 0.4) is 0 Å². The van der Waals surface area contributed by atoms with Crippen molar-refractivity contribution in [3.63, 3.8) is 0 Å². The quantitative estimate of drug-likeness (QED) is 0.667. The van der Waals surface area contributed by atoms with Gasteiger partial charge in [0.15, 0.2) is 0 Å². The highest BCUT2D eigenvalue weighted by Gasteiger charge is 2.58. The molecule has 0 unspecified atom stereocenters. The average Bonchev–Trinajstić information content (AvgIpc) is 2.01. The van der Waals surface area contributed by atoms with Crippen molar-refractivity contribution in [2.75, 3.05) is 0 Å². The predicted molar refractivity (Wildman–Crippen MR) is 60.9 cm³/mol. The molecule has 2 N–H and O–H groups in total. The van der Waals surface area contributed by atoms with Gasteiger partial charge in [-0.25, -0.2) is 0 Å². The van der Waals surface area contributed by atoms with E-state index in [1.807, 2.05) is 6.08 Å². The Balaban J connectivity index is 2.37. The Morgan fingerprint density at radius 1 is 1.64 bits per heavy atom. The van der Waals surface area contributed by atoms with E-state index in [9.17, 15) is 0 Å². The molecule has 0 aromatic heterocycles. The minimum atomic E-state index is -0.121. The lowest BCUT2D eigenvalue weighted by Gasteiger charge is -2.62. The zero-order valence-electron chi connectivity index (χ0n) is 9.51. The van der Waals surface area contributed by atoms with Gasteiger partial charge in [0.2, 0.25) is 0 Å². The lowest BCUT2D eigenvalue weighted by atomic mass is 9.43. The summed E-state index contributed by atoms with van der Waals surface area (Å²) >= 11 is 0. The predicted octanol–water partition coefficient (Wildman–Crippen LogP) is 2.88. The molecule has 0 aromatic carbocycles. The largest absolute Gasteiger partial charge is 0.321 e. The molecule has 2 bridgehead atoms.